The first kappa shape index (κ1) is 16.5. The highest BCUT2D eigenvalue weighted by atomic mass is 35.5. The van der Waals surface area contributed by atoms with E-state index in [4.69, 9.17) is 16.3 Å². The van der Waals surface area contributed by atoms with Gasteiger partial charge in [0.15, 0.2) is 5.78 Å². The van der Waals surface area contributed by atoms with Gasteiger partial charge in [-0.2, -0.15) is 5.26 Å². The Kier molecular flexibility index (Phi) is 7.11. The van der Waals surface area contributed by atoms with E-state index in [0.717, 1.165) is 25.7 Å². The Morgan fingerprint density at radius 2 is 2.15 bits per heavy atom. The first-order chi connectivity index (χ1) is 9.63. The lowest BCUT2D eigenvalue weighted by atomic mass is 9.92. The molecule has 0 fully saturated rings. The van der Waals surface area contributed by atoms with Gasteiger partial charge in [-0.25, -0.2) is 0 Å². The summed E-state index contributed by atoms with van der Waals surface area (Å²) in [6, 6.07) is 7.08. The van der Waals surface area contributed by atoms with Crippen molar-refractivity contribution in [3.8, 4) is 11.8 Å². The van der Waals surface area contributed by atoms with Crippen LogP contribution in [0.15, 0.2) is 18.2 Å². The second kappa shape index (κ2) is 8.60. The Bertz CT molecular complexity index is 494. The van der Waals surface area contributed by atoms with Crippen LogP contribution in [0.25, 0.3) is 0 Å². The van der Waals surface area contributed by atoms with Crippen LogP contribution in [0.4, 0.5) is 0 Å². The van der Waals surface area contributed by atoms with Crippen LogP contribution >= 0.6 is 11.6 Å². The van der Waals surface area contributed by atoms with Crippen LogP contribution in [0.2, 0.25) is 5.02 Å². The molecule has 0 bridgehead atoms. The van der Waals surface area contributed by atoms with Gasteiger partial charge in [-0.05, 0) is 24.6 Å². The summed E-state index contributed by atoms with van der Waals surface area (Å²) in [7, 11) is 1.52. The first-order valence-electron chi connectivity index (χ1n) is 6.89. The van der Waals surface area contributed by atoms with Gasteiger partial charge in [0, 0.05) is 17.0 Å². The predicted molar refractivity (Wildman–Crippen MR) is 80.1 cm³/mol. The Hall–Kier alpha value is -1.53. The molecule has 0 spiro atoms. The minimum absolute atomic E-state index is 0.0656. The molecular weight excluding hydrogens is 274 g/mol. The standard InChI is InChI=1S/C16H20ClNO2/c1-3-4-5-6-7-15(19)14(11-18)13-10-12(17)8-9-16(13)20-2/h8-10,14H,3-7H2,1-2H3. The van der Waals surface area contributed by atoms with E-state index in [1.54, 1.807) is 18.2 Å². The van der Waals surface area contributed by atoms with Crippen molar-refractivity contribution in [2.45, 2.75) is 44.9 Å². The fourth-order valence-corrected chi connectivity index (χ4v) is 2.30. The zero-order chi connectivity index (χ0) is 15.0. The van der Waals surface area contributed by atoms with Crippen LogP contribution in [-0.2, 0) is 4.79 Å². The van der Waals surface area contributed by atoms with Gasteiger partial charge in [0.05, 0.1) is 13.2 Å². The Labute approximate surface area is 125 Å². The maximum atomic E-state index is 12.2. The molecule has 108 valence electrons. The lowest BCUT2D eigenvalue weighted by molar-refractivity contribution is -0.119. The molecule has 1 rings (SSSR count). The summed E-state index contributed by atoms with van der Waals surface area (Å²) >= 11 is 5.95. The molecule has 0 radical (unpaired) electrons. The number of ether oxygens (including phenoxy) is 1. The van der Waals surface area contributed by atoms with Crippen LogP contribution in [0, 0.1) is 11.3 Å². The molecule has 4 heteroatoms. The molecule has 3 nitrogen and oxygen atoms in total. The first-order valence-corrected chi connectivity index (χ1v) is 7.27. The van der Waals surface area contributed by atoms with Crippen LogP contribution < -0.4 is 4.74 Å². The smallest absolute Gasteiger partial charge is 0.154 e. The maximum absolute atomic E-state index is 12.2. The molecule has 0 aliphatic carbocycles. The molecule has 1 aromatic carbocycles. The van der Waals surface area contributed by atoms with Crippen molar-refractivity contribution in [2.24, 2.45) is 0 Å². The molecule has 0 saturated carbocycles. The number of hydrogen-bond donors (Lipinski definition) is 0. The number of carbonyl (C=O) groups is 1. The van der Waals surface area contributed by atoms with E-state index in [9.17, 15) is 10.1 Å². The van der Waals surface area contributed by atoms with Crippen molar-refractivity contribution in [3.63, 3.8) is 0 Å². The Balaban J connectivity index is 2.82. The molecule has 0 aromatic heterocycles. The number of carbonyl (C=O) groups excluding carboxylic acids is 1. The average molecular weight is 294 g/mol. The molecule has 1 aromatic rings. The summed E-state index contributed by atoms with van der Waals surface area (Å²) in [4.78, 5) is 12.2. The van der Waals surface area contributed by atoms with Crippen LogP contribution in [-0.4, -0.2) is 12.9 Å². The van der Waals surface area contributed by atoms with Gasteiger partial charge in [0.1, 0.15) is 11.7 Å². The van der Waals surface area contributed by atoms with E-state index >= 15 is 0 Å². The van der Waals surface area contributed by atoms with Crippen molar-refractivity contribution in [1.29, 1.82) is 5.26 Å². The SMILES string of the molecule is CCCCCCC(=O)C(C#N)c1cc(Cl)ccc1OC. The van der Waals surface area contributed by atoms with Crippen molar-refractivity contribution in [1.82, 2.24) is 0 Å². The van der Waals surface area contributed by atoms with E-state index in [1.165, 1.54) is 7.11 Å². The number of rotatable bonds is 8. The number of benzene rings is 1. The minimum atomic E-state index is -0.801. The highest BCUT2D eigenvalue weighted by molar-refractivity contribution is 6.30. The zero-order valence-electron chi connectivity index (χ0n) is 12.0. The van der Waals surface area contributed by atoms with E-state index in [2.05, 4.69) is 13.0 Å². The van der Waals surface area contributed by atoms with Crippen molar-refractivity contribution >= 4 is 17.4 Å². The van der Waals surface area contributed by atoms with E-state index < -0.39 is 5.92 Å². The molecule has 0 amide bonds. The molecular formula is C16H20ClNO2. The van der Waals surface area contributed by atoms with Gasteiger partial charge in [0.25, 0.3) is 0 Å². The fraction of sp³-hybridized carbons (Fsp3) is 0.500. The Morgan fingerprint density at radius 1 is 1.40 bits per heavy atom. The number of halogens is 1. The lowest BCUT2D eigenvalue weighted by Gasteiger charge is -2.13. The molecule has 0 aliphatic rings. The molecule has 1 unspecified atom stereocenters. The predicted octanol–water partition coefficient (Wildman–Crippen LogP) is 4.50. The third-order valence-corrected chi connectivity index (χ3v) is 3.47. The second-order valence-electron chi connectivity index (χ2n) is 4.73. The van der Waals surface area contributed by atoms with Gasteiger partial charge in [-0.15, -0.1) is 0 Å². The van der Waals surface area contributed by atoms with E-state index in [-0.39, 0.29) is 5.78 Å². The zero-order valence-corrected chi connectivity index (χ0v) is 12.7. The highest BCUT2D eigenvalue weighted by Gasteiger charge is 2.23. The van der Waals surface area contributed by atoms with Crippen LogP contribution in [0.1, 0.15) is 50.5 Å². The average Bonchev–Trinajstić information content (AvgIpc) is 2.45. The number of hydrogen-bond acceptors (Lipinski definition) is 3. The summed E-state index contributed by atoms with van der Waals surface area (Å²) < 4.78 is 5.21. The molecule has 0 aliphatic heterocycles. The lowest BCUT2D eigenvalue weighted by Crippen LogP contribution is -2.12. The van der Waals surface area contributed by atoms with Gasteiger partial charge in [-0.3, -0.25) is 4.79 Å². The fourth-order valence-electron chi connectivity index (χ4n) is 2.12. The van der Waals surface area contributed by atoms with Crippen LogP contribution in [0.5, 0.6) is 5.75 Å². The highest BCUT2D eigenvalue weighted by Crippen LogP contribution is 2.31. The van der Waals surface area contributed by atoms with Gasteiger partial charge in [-0.1, -0.05) is 37.8 Å². The molecule has 0 heterocycles. The van der Waals surface area contributed by atoms with E-state index in [0.29, 0.717) is 22.8 Å². The molecule has 0 N–H and O–H groups in total. The number of methoxy groups -OCH3 is 1. The second-order valence-corrected chi connectivity index (χ2v) is 5.16. The monoisotopic (exact) mass is 293 g/mol. The van der Waals surface area contributed by atoms with Crippen molar-refractivity contribution in [2.75, 3.05) is 7.11 Å². The third kappa shape index (κ3) is 4.54. The number of nitriles is 1. The quantitative estimate of drug-likeness (QED) is 0.663. The van der Waals surface area contributed by atoms with Gasteiger partial charge >= 0.3 is 0 Å². The number of ketones is 1. The van der Waals surface area contributed by atoms with Gasteiger partial charge in [0.2, 0.25) is 0 Å². The Morgan fingerprint density at radius 3 is 2.75 bits per heavy atom. The summed E-state index contributed by atoms with van der Waals surface area (Å²) in [5.74, 6) is -0.336. The number of Topliss-reactive ketones (excluding diaryl/α,β-unsaturated/α-hetero) is 1. The molecule has 20 heavy (non-hydrogen) atoms. The summed E-state index contributed by atoms with van der Waals surface area (Å²) in [6.07, 6.45) is 4.51. The van der Waals surface area contributed by atoms with Crippen molar-refractivity contribution in [3.05, 3.63) is 28.8 Å². The van der Waals surface area contributed by atoms with Gasteiger partial charge < -0.3 is 4.74 Å². The topological polar surface area (TPSA) is 50.1 Å². The number of unbranched alkanes of at least 4 members (excludes halogenated alkanes) is 3. The summed E-state index contributed by atoms with van der Waals surface area (Å²) in [5.41, 5.74) is 0.558. The molecule has 1 atom stereocenters. The third-order valence-electron chi connectivity index (χ3n) is 3.23. The summed E-state index contributed by atoms with van der Waals surface area (Å²) in [6.45, 7) is 2.12. The van der Waals surface area contributed by atoms with E-state index in [1.807, 2.05) is 0 Å². The number of nitrogens with zero attached hydrogens (tertiary/aromatic N) is 1. The van der Waals surface area contributed by atoms with Crippen molar-refractivity contribution < 1.29 is 9.53 Å². The normalized spacial score (nSPS) is 11.7. The minimum Gasteiger partial charge on any atom is -0.496 e. The largest absolute Gasteiger partial charge is 0.496 e. The maximum Gasteiger partial charge on any atom is 0.154 e. The molecule has 0 saturated heterocycles. The van der Waals surface area contributed by atoms with Crippen LogP contribution in [0.3, 0.4) is 0 Å². The summed E-state index contributed by atoms with van der Waals surface area (Å²) in [5, 5.41) is 9.79.